The van der Waals surface area contributed by atoms with Crippen molar-refractivity contribution in [3.8, 4) is 0 Å². The van der Waals surface area contributed by atoms with Crippen LogP contribution in [0.4, 0.5) is 11.5 Å². The first-order valence-electron chi connectivity index (χ1n) is 7.54. The smallest absolute Gasteiger partial charge is 0.333 e. The van der Waals surface area contributed by atoms with E-state index in [1.165, 1.54) is 0 Å². The number of aromatic nitrogens is 2. The first-order chi connectivity index (χ1) is 9.86. The molecule has 1 aliphatic rings. The van der Waals surface area contributed by atoms with Crippen LogP contribution in [0.5, 0.6) is 0 Å². The Bertz CT molecular complexity index is 519. The van der Waals surface area contributed by atoms with E-state index in [0.717, 1.165) is 25.7 Å². The minimum Gasteiger partial charge on any atom is -0.388 e. The molecule has 0 unspecified atom stereocenters. The molecular formula is C14H24N4O3. The molecule has 1 saturated carbocycles. The Morgan fingerprint density at radius 1 is 1.52 bits per heavy atom. The van der Waals surface area contributed by atoms with Crippen molar-refractivity contribution in [2.45, 2.75) is 58.6 Å². The van der Waals surface area contributed by atoms with Crippen molar-refractivity contribution in [3.05, 3.63) is 15.8 Å². The molecule has 2 N–H and O–H groups in total. The van der Waals surface area contributed by atoms with E-state index >= 15 is 0 Å². The van der Waals surface area contributed by atoms with Crippen LogP contribution in [0.3, 0.4) is 0 Å². The highest BCUT2D eigenvalue weighted by atomic mass is 16.6. The maximum Gasteiger partial charge on any atom is 0.333 e. The van der Waals surface area contributed by atoms with Crippen LogP contribution in [0.15, 0.2) is 0 Å². The zero-order valence-electron chi connectivity index (χ0n) is 12.9. The third-order valence-electron chi connectivity index (χ3n) is 4.37. The van der Waals surface area contributed by atoms with Gasteiger partial charge >= 0.3 is 5.69 Å². The zero-order chi connectivity index (χ0) is 15.6. The van der Waals surface area contributed by atoms with Gasteiger partial charge in [0.1, 0.15) is 5.69 Å². The van der Waals surface area contributed by atoms with Crippen LogP contribution in [-0.4, -0.2) is 32.0 Å². The van der Waals surface area contributed by atoms with E-state index in [4.69, 9.17) is 0 Å². The highest BCUT2D eigenvalue weighted by Gasteiger charge is 2.33. The maximum absolute atomic E-state index is 11.2. The van der Waals surface area contributed by atoms with Crippen molar-refractivity contribution >= 4 is 11.5 Å². The van der Waals surface area contributed by atoms with Crippen molar-refractivity contribution in [1.29, 1.82) is 0 Å². The number of aliphatic hydroxyl groups is 1. The molecule has 0 amide bonds. The van der Waals surface area contributed by atoms with Gasteiger partial charge in [-0.1, -0.05) is 6.92 Å². The predicted molar refractivity (Wildman–Crippen MR) is 80.4 cm³/mol. The van der Waals surface area contributed by atoms with Gasteiger partial charge in [0.25, 0.3) is 0 Å². The molecule has 1 fully saturated rings. The van der Waals surface area contributed by atoms with Crippen LogP contribution in [0.25, 0.3) is 0 Å². The minimum absolute atomic E-state index is 0.00428. The SMILES string of the molecule is CCn1nc(C)c([N+](=O)[O-])c1NCC1(O)CCC(C)CC1. The van der Waals surface area contributed by atoms with Crippen molar-refractivity contribution in [1.82, 2.24) is 9.78 Å². The average molecular weight is 296 g/mol. The van der Waals surface area contributed by atoms with Gasteiger partial charge in [-0.15, -0.1) is 0 Å². The third-order valence-corrected chi connectivity index (χ3v) is 4.37. The summed E-state index contributed by atoms with van der Waals surface area (Å²) in [5, 5.41) is 29.0. The second-order valence-electron chi connectivity index (χ2n) is 6.12. The van der Waals surface area contributed by atoms with Crippen molar-refractivity contribution < 1.29 is 10.0 Å². The summed E-state index contributed by atoms with van der Waals surface area (Å²) in [6.45, 7) is 6.58. The molecule has 118 valence electrons. The molecule has 0 saturated heterocycles. The number of aryl methyl sites for hydroxylation is 2. The van der Waals surface area contributed by atoms with Gasteiger partial charge in [-0.2, -0.15) is 5.10 Å². The van der Waals surface area contributed by atoms with Gasteiger partial charge < -0.3 is 10.4 Å². The van der Waals surface area contributed by atoms with Gasteiger partial charge in [0.15, 0.2) is 0 Å². The molecule has 7 heteroatoms. The highest BCUT2D eigenvalue weighted by Crippen LogP contribution is 2.34. The second kappa shape index (κ2) is 6.01. The number of nitro groups is 1. The lowest BCUT2D eigenvalue weighted by Crippen LogP contribution is -2.40. The number of anilines is 1. The molecule has 0 atom stereocenters. The fourth-order valence-electron chi connectivity index (χ4n) is 2.92. The molecule has 21 heavy (non-hydrogen) atoms. The average Bonchev–Trinajstić information content (AvgIpc) is 2.76. The Morgan fingerprint density at radius 3 is 2.67 bits per heavy atom. The molecule has 1 heterocycles. The Morgan fingerprint density at radius 2 is 2.14 bits per heavy atom. The lowest BCUT2D eigenvalue weighted by atomic mass is 9.79. The Labute approximate surface area is 124 Å². The van der Waals surface area contributed by atoms with E-state index in [1.54, 1.807) is 11.6 Å². The van der Waals surface area contributed by atoms with E-state index < -0.39 is 10.5 Å². The first kappa shape index (κ1) is 15.8. The summed E-state index contributed by atoms with van der Waals surface area (Å²) < 4.78 is 1.59. The summed E-state index contributed by atoms with van der Waals surface area (Å²) in [4.78, 5) is 10.8. The monoisotopic (exact) mass is 296 g/mol. The van der Waals surface area contributed by atoms with Gasteiger partial charge in [0.2, 0.25) is 5.82 Å². The third kappa shape index (κ3) is 3.34. The molecule has 1 aromatic heterocycles. The molecule has 7 nitrogen and oxygen atoms in total. The largest absolute Gasteiger partial charge is 0.388 e. The lowest BCUT2D eigenvalue weighted by Gasteiger charge is -2.35. The summed E-state index contributed by atoms with van der Waals surface area (Å²) in [7, 11) is 0. The normalized spacial score (nSPS) is 25.8. The van der Waals surface area contributed by atoms with Gasteiger partial charge in [-0.05, 0) is 45.4 Å². The molecule has 2 rings (SSSR count). The summed E-state index contributed by atoms with van der Waals surface area (Å²) in [6, 6.07) is 0. The Hall–Kier alpha value is -1.63. The number of rotatable bonds is 5. The highest BCUT2D eigenvalue weighted by molar-refractivity contribution is 5.59. The molecule has 0 spiro atoms. The summed E-state index contributed by atoms with van der Waals surface area (Å²) in [5.41, 5.74) is -0.379. The molecule has 1 aromatic rings. The van der Waals surface area contributed by atoms with Gasteiger partial charge in [-0.25, -0.2) is 4.68 Å². The van der Waals surface area contributed by atoms with E-state index in [2.05, 4.69) is 17.3 Å². The van der Waals surface area contributed by atoms with E-state index in [0.29, 0.717) is 30.5 Å². The molecule has 0 aliphatic heterocycles. The topological polar surface area (TPSA) is 93.2 Å². The van der Waals surface area contributed by atoms with E-state index in [9.17, 15) is 15.2 Å². The molecule has 1 aliphatic carbocycles. The number of hydrogen-bond donors (Lipinski definition) is 2. The number of nitrogens with one attached hydrogen (secondary N) is 1. The fraction of sp³-hybridized carbons (Fsp3) is 0.786. The van der Waals surface area contributed by atoms with Crippen molar-refractivity contribution in [2.75, 3.05) is 11.9 Å². The Kier molecular flexibility index (Phi) is 4.51. The van der Waals surface area contributed by atoms with Gasteiger partial charge in [-0.3, -0.25) is 10.1 Å². The summed E-state index contributed by atoms with van der Waals surface area (Å²) >= 11 is 0. The number of hydrogen-bond acceptors (Lipinski definition) is 5. The van der Waals surface area contributed by atoms with E-state index in [-0.39, 0.29) is 5.69 Å². The van der Waals surface area contributed by atoms with Crippen LogP contribution in [-0.2, 0) is 6.54 Å². The van der Waals surface area contributed by atoms with Crippen LogP contribution in [0, 0.1) is 23.0 Å². The van der Waals surface area contributed by atoms with Crippen molar-refractivity contribution in [3.63, 3.8) is 0 Å². The zero-order valence-corrected chi connectivity index (χ0v) is 12.9. The number of nitrogens with zero attached hydrogens (tertiary/aromatic N) is 3. The molecular weight excluding hydrogens is 272 g/mol. The maximum atomic E-state index is 11.2. The molecule has 0 aromatic carbocycles. The van der Waals surface area contributed by atoms with Crippen LogP contribution >= 0.6 is 0 Å². The quantitative estimate of drug-likeness (QED) is 0.643. The second-order valence-corrected chi connectivity index (χ2v) is 6.12. The minimum atomic E-state index is -0.781. The fourth-order valence-corrected chi connectivity index (χ4v) is 2.92. The van der Waals surface area contributed by atoms with Gasteiger partial charge in [0, 0.05) is 13.1 Å². The summed E-state index contributed by atoms with van der Waals surface area (Å²) in [5.74, 6) is 1.04. The Balaban J connectivity index is 2.14. The van der Waals surface area contributed by atoms with Crippen LogP contribution < -0.4 is 5.32 Å². The van der Waals surface area contributed by atoms with Crippen molar-refractivity contribution in [2.24, 2.45) is 5.92 Å². The van der Waals surface area contributed by atoms with Gasteiger partial charge in [0.05, 0.1) is 10.5 Å². The molecule has 0 bridgehead atoms. The lowest BCUT2D eigenvalue weighted by molar-refractivity contribution is -0.384. The molecule has 0 radical (unpaired) electrons. The van der Waals surface area contributed by atoms with Crippen LogP contribution in [0.2, 0.25) is 0 Å². The predicted octanol–water partition coefficient (Wildman–Crippen LogP) is 2.47. The first-order valence-corrected chi connectivity index (χ1v) is 7.54. The van der Waals surface area contributed by atoms with E-state index in [1.807, 2.05) is 6.92 Å². The summed E-state index contributed by atoms with van der Waals surface area (Å²) in [6.07, 6.45) is 3.45. The standard InChI is InChI=1S/C14H24N4O3/c1-4-17-13(12(18(20)21)11(3)16-17)15-9-14(19)7-5-10(2)6-8-14/h10,15,19H,4-9H2,1-3H3. The van der Waals surface area contributed by atoms with Crippen LogP contribution in [0.1, 0.15) is 45.2 Å².